The van der Waals surface area contributed by atoms with E-state index in [1.807, 2.05) is 6.92 Å². The van der Waals surface area contributed by atoms with Crippen LogP contribution in [0.5, 0.6) is 0 Å². The van der Waals surface area contributed by atoms with Crippen molar-refractivity contribution in [3.8, 4) is 0 Å². The van der Waals surface area contributed by atoms with Crippen LogP contribution >= 0.6 is 0 Å². The highest BCUT2D eigenvalue weighted by Crippen LogP contribution is 2.18. The molecule has 1 amide bonds. The quantitative estimate of drug-likeness (QED) is 0.610. The number of likely N-dealkylation sites (N-methyl/N-ethyl adjacent to an activating group) is 1. The van der Waals surface area contributed by atoms with Gasteiger partial charge in [0.25, 0.3) is 10.0 Å². The number of sulfonamides is 1. The molecule has 0 spiro atoms. The number of nitrogens with one attached hydrogen (secondary N) is 1. The van der Waals surface area contributed by atoms with Gasteiger partial charge in [-0.25, -0.2) is 12.8 Å². The number of anilines is 1. The van der Waals surface area contributed by atoms with E-state index < -0.39 is 21.8 Å². The lowest BCUT2D eigenvalue weighted by molar-refractivity contribution is -0.146. The summed E-state index contributed by atoms with van der Waals surface area (Å²) in [7, 11) is -2.53. The van der Waals surface area contributed by atoms with Gasteiger partial charge in [-0.3, -0.25) is 14.3 Å². The Kier molecular flexibility index (Phi) is 7.93. The fourth-order valence-electron chi connectivity index (χ4n) is 2.82. The first-order valence-corrected chi connectivity index (χ1v) is 10.9. The van der Waals surface area contributed by atoms with Gasteiger partial charge >= 0.3 is 5.97 Å². The first kappa shape index (κ1) is 23.3. The molecule has 0 heterocycles. The number of methoxy groups -OCH3 is 1. The van der Waals surface area contributed by atoms with E-state index in [4.69, 9.17) is 4.74 Å². The van der Waals surface area contributed by atoms with E-state index >= 15 is 0 Å². The normalized spacial score (nSPS) is 12.1. The van der Waals surface area contributed by atoms with Crippen LogP contribution in [0.15, 0.2) is 53.4 Å². The third kappa shape index (κ3) is 6.28. The average Bonchev–Trinajstić information content (AvgIpc) is 2.72. The summed E-state index contributed by atoms with van der Waals surface area (Å²) in [6.45, 7) is 4.24. The Balaban J connectivity index is 2.02. The fourth-order valence-corrected chi connectivity index (χ4v) is 3.88. The number of carbonyl (C=O) groups is 2. The van der Waals surface area contributed by atoms with E-state index in [1.165, 1.54) is 19.2 Å². The average molecular weight is 437 g/mol. The summed E-state index contributed by atoms with van der Waals surface area (Å²) in [6.07, 6.45) is 0.118. The van der Waals surface area contributed by atoms with Crippen molar-refractivity contribution in [3.05, 3.63) is 59.9 Å². The zero-order chi connectivity index (χ0) is 22.3. The molecule has 0 saturated heterocycles. The van der Waals surface area contributed by atoms with E-state index in [2.05, 4.69) is 4.72 Å². The maximum Gasteiger partial charge on any atom is 0.310 e. The molecular formula is C21H25FN2O5S. The summed E-state index contributed by atoms with van der Waals surface area (Å²) in [5.74, 6) is -1.47. The van der Waals surface area contributed by atoms with Crippen molar-refractivity contribution in [3.63, 3.8) is 0 Å². The zero-order valence-electron chi connectivity index (χ0n) is 17.1. The minimum atomic E-state index is -3.84. The Labute approximate surface area is 175 Å². The smallest absolute Gasteiger partial charge is 0.310 e. The summed E-state index contributed by atoms with van der Waals surface area (Å²) < 4.78 is 44.8. The van der Waals surface area contributed by atoms with E-state index in [-0.39, 0.29) is 29.7 Å². The van der Waals surface area contributed by atoms with E-state index in [0.717, 1.165) is 12.1 Å². The topological polar surface area (TPSA) is 92.8 Å². The molecule has 1 N–H and O–H groups in total. The molecule has 30 heavy (non-hydrogen) atoms. The van der Waals surface area contributed by atoms with Crippen molar-refractivity contribution in [1.29, 1.82) is 0 Å². The van der Waals surface area contributed by atoms with Gasteiger partial charge in [-0.05, 0) is 48.9 Å². The Bertz CT molecular complexity index is 975. The molecule has 0 aliphatic rings. The van der Waals surface area contributed by atoms with Crippen LogP contribution in [0.25, 0.3) is 0 Å². The van der Waals surface area contributed by atoms with Crippen LogP contribution in [-0.2, 0) is 30.8 Å². The fraction of sp³-hybridized carbons (Fsp3) is 0.333. The van der Waals surface area contributed by atoms with Gasteiger partial charge in [0.2, 0.25) is 5.91 Å². The Morgan fingerprint density at radius 1 is 1.10 bits per heavy atom. The Hall–Kier alpha value is -2.94. The third-order valence-electron chi connectivity index (χ3n) is 4.52. The molecule has 2 rings (SSSR count). The van der Waals surface area contributed by atoms with Crippen molar-refractivity contribution >= 4 is 27.6 Å². The monoisotopic (exact) mass is 436 g/mol. The minimum Gasteiger partial charge on any atom is -0.469 e. The first-order chi connectivity index (χ1) is 14.2. The predicted octanol–water partition coefficient (Wildman–Crippen LogP) is 2.83. The molecule has 0 radical (unpaired) electrons. The molecule has 0 bridgehead atoms. The lowest BCUT2D eigenvalue weighted by atomic mass is 10.1. The molecule has 0 aliphatic heterocycles. The second-order valence-electron chi connectivity index (χ2n) is 6.79. The van der Waals surface area contributed by atoms with Crippen LogP contribution in [0, 0.1) is 11.7 Å². The molecule has 2 aromatic carbocycles. The number of nitrogens with zero attached hydrogens (tertiary/aromatic N) is 1. The molecule has 7 nitrogen and oxygen atoms in total. The summed E-state index contributed by atoms with van der Waals surface area (Å²) in [5, 5.41) is 0. The van der Waals surface area contributed by atoms with Gasteiger partial charge < -0.3 is 9.64 Å². The molecule has 1 unspecified atom stereocenters. The second-order valence-corrected chi connectivity index (χ2v) is 8.47. The maximum atomic E-state index is 13.0. The number of ether oxygens (including phenoxy) is 1. The van der Waals surface area contributed by atoms with Crippen molar-refractivity contribution in [1.82, 2.24) is 4.90 Å². The molecule has 2 aromatic rings. The van der Waals surface area contributed by atoms with Gasteiger partial charge in [-0.2, -0.15) is 0 Å². The summed E-state index contributed by atoms with van der Waals surface area (Å²) in [6, 6.07) is 10.9. The van der Waals surface area contributed by atoms with Crippen LogP contribution < -0.4 is 4.72 Å². The number of hydrogen-bond acceptors (Lipinski definition) is 5. The van der Waals surface area contributed by atoms with Crippen LogP contribution in [0.2, 0.25) is 0 Å². The number of carbonyl (C=O) groups excluding carboxylic acids is 2. The number of benzene rings is 2. The minimum absolute atomic E-state index is 0.0542. The van der Waals surface area contributed by atoms with Gasteiger partial charge in [-0.15, -0.1) is 0 Å². The molecule has 0 aromatic heterocycles. The molecule has 0 fully saturated rings. The third-order valence-corrected chi connectivity index (χ3v) is 5.91. The van der Waals surface area contributed by atoms with Crippen LogP contribution in [-0.4, -0.2) is 45.4 Å². The Morgan fingerprint density at radius 2 is 1.70 bits per heavy atom. The largest absolute Gasteiger partial charge is 0.469 e. The predicted molar refractivity (Wildman–Crippen MR) is 111 cm³/mol. The van der Waals surface area contributed by atoms with Crippen molar-refractivity contribution < 1.29 is 27.1 Å². The molecule has 1 atom stereocenters. The highest BCUT2D eigenvalue weighted by molar-refractivity contribution is 7.92. The van der Waals surface area contributed by atoms with Gasteiger partial charge in [0.15, 0.2) is 0 Å². The van der Waals surface area contributed by atoms with Gasteiger partial charge in [0.05, 0.1) is 24.3 Å². The van der Waals surface area contributed by atoms with E-state index in [0.29, 0.717) is 17.8 Å². The second kappa shape index (κ2) is 10.2. The molecule has 0 aliphatic carbocycles. The van der Waals surface area contributed by atoms with E-state index in [9.17, 15) is 22.4 Å². The maximum absolute atomic E-state index is 13.0. The van der Waals surface area contributed by atoms with Crippen LogP contribution in [0.4, 0.5) is 10.1 Å². The Morgan fingerprint density at radius 3 is 2.23 bits per heavy atom. The SMILES string of the molecule is CCN(CC(C)C(=O)OC)C(=O)Cc1ccc(NS(=O)(=O)c2ccc(F)cc2)cc1. The van der Waals surface area contributed by atoms with Crippen LogP contribution in [0.1, 0.15) is 19.4 Å². The lowest BCUT2D eigenvalue weighted by Gasteiger charge is -2.23. The highest BCUT2D eigenvalue weighted by atomic mass is 32.2. The zero-order valence-corrected chi connectivity index (χ0v) is 17.9. The first-order valence-electron chi connectivity index (χ1n) is 9.39. The molecule has 0 saturated carbocycles. The summed E-state index contributed by atoms with van der Waals surface area (Å²) in [4.78, 5) is 25.6. The molecule has 9 heteroatoms. The standard InChI is InChI=1S/C21H25FN2O5S/c1-4-24(14-15(2)21(26)29-3)20(25)13-16-5-9-18(10-6-16)23-30(27,28)19-11-7-17(22)8-12-19/h5-12,15,23H,4,13-14H2,1-3H3. The number of esters is 1. The number of halogens is 1. The lowest BCUT2D eigenvalue weighted by Crippen LogP contribution is -2.38. The van der Waals surface area contributed by atoms with E-state index in [1.54, 1.807) is 36.1 Å². The number of hydrogen-bond donors (Lipinski definition) is 1. The number of rotatable bonds is 9. The molecule has 162 valence electrons. The number of amides is 1. The summed E-state index contributed by atoms with van der Waals surface area (Å²) in [5.41, 5.74) is 1.02. The summed E-state index contributed by atoms with van der Waals surface area (Å²) >= 11 is 0. The van der Waals surface area contributed by atoms with Crippen molar-refractivity contribution in [2.75, 3.05) is 24.9 Å². The van der Waals surface area contributed by atoms with Gasteiger partial charge in [0, 0.05) is 18.8 Å². The van der Waals surface area contributed by atoms with Crippen molar-refractivity contribution in [2.24, 2.45) is 5.92 Å². The van der Waals surface area contributed by atoms with Crippen LogP contribution in [0.3, 0.4) is 0 Å². The van der Waals surface area contributed by atoms with Crippen molar-refractivity contribution in [2.45, 2.75) is 25.2 Å². The van der Waals surface area contributed by atoms with Gasteiger partial charge in [0.1, 0.15) is 5.82 Å². The molecular weight excluding hydrogens is 411 g/mol. The highest BCUT2D eigenvalue weighted by Gasteiger charge is 2.20. The van der Waals surface area contributed by atoms with Gasteiger partial charge in [-0.1, -0.05) is 19.1 Å².